The van der Waals surface area contributed by atoms with Gasteiger partial charge < -0.3 is 15.0 Å². The van der Waals surface area contributed by atoms with Gasteiger partial charge in [-0.15, -0.1) is 0 Å². The molecule has 5 nitrogen and oxygen atoms in total. The molecule has 0 aliphatic rings. The summed E-state index contributed by atoms with van der Waals surface area (Å²) in [5.74, 6) is -0.489. The van der Waals surface area contributed by atoms with E-state index >= 15 is 0 Å². The molecule has 2 aromatic carbocycles. The van der Waals surface area contributed by atoms with Crippen LogP contribution in [0.4, 0.5) is 4.39 Å². The summed E-state index contributed by atoms with van der Waals surface area (Å²) < 4.78 is 20.1. The second-order valence-electron chi connectivity index (χ2n) is 8.99. The van der Waals surface area contributed by atoms with Crippen molar-refractivity contribution in [1.29, 1.82) is 0 Å². The van der Waals surface area contributed by atoms with Crippen LogP contribution in [0.15, 0.2) is 48.5 Å². The topological polar surface area (TPSA) is 58.6 Å². The monoisotopic (exact) mass is 428 g/mol. The van der Waals surface area contributed by atoms with Gasteiger partial charge in [-0.1, -0.05) is 57.2 Å². The van der Waals surface area contributed by atoms with Crippen LogP contribution in [0.2, 0.25) is 0 Å². The summed E-state index contributed by atoms with van der Waals surface area (Å²) in [6.45, 7) is 11.3. The molecule has 0 bridgehead atoms. The minimum atomic E-state index is -0.782. The zero-order valence-corrected chi connectivity index (χ0v) is 19.2. The molecule has 0 fully saturated rings. The summed E-state index contributed by atoms with van der Waals surface area (Å²) in [6.07, 6.45) is 0. The quantitative estimate of drug-likeness (QED) is 0.676. The van der Waals surface area contributed by atoms with Crippen LogP contribution in [-0.2, 0) is 21.5 Å². The maximum Gasteiger partial charge on any atom is 0.261 e. The van der Waals surface area contributed by atoms with Gasteiger partial charge in [-0.2, -0.15) is 0 Å². The third kappa shape index (κ3) is 6.81. The maximum atomic E-state index is 14.3. The number of nitrogens with zero attached hydrogens (tertiary/aromatic N) is 1. The van der Waals surface area contributed by atoms with Crippen molar-refractivity contribution in [2.45, 2.75) is 65.6 Å². The number of rotatable bonds is 8. The largest absolute Gasteiger partial charge is 0.483 e. The summed E-state index contributed by atoms with van der Waals surface area (Å²) in [6, 6.07) is 13.0. The highest BCUT2D eigenvalue weighted by Crippen LogP contribution is 2.31. The molecule has 0 spiro atoms. The van der Waals surface area contributed by atoms with E-state index in [2.05, 4.69) is 26.1 Å². The Morgan fingerprint density at radius 1 is 1.03 bits per heavy atom. The minimum absolute atomic E-state index is 0.0253. The van der Waals surface area contributed by atoms with Crippen molar-refractivity contribution < 1.29 is 18.7 Å². The van der Waals surface area contributed by atoms with Crippen molar-refractivity contribution in [1.82, 2.24) is 10.2 Å². The van der Waals surface area contributed by atoms with Gasteiger partial charge in [0, 0.05) is 18.2 Å². The standard InChI is InChI=1S/C25H33FN2O3/c1-17(2)27-24(30)18(3)28(15-19-11-7-9-13-21(19)26)23(29)16-31-22-14-10-8-12-20(22)25(4,5)6/h7-14,17-18H,15-16H2,1-6H3,(H,27,30)/t18-/m0/s1. The lowest BCUT2D eigenvalue weighted by molar-refractivity contribution is -0.142. The molecule has 0 aliphatic heterocycles. The summed E-state index contributed by atoms with van der Waals surface area (Å²) in [4.78, 5) is 27.1. The van der Waals surface area contributed by atoms with Crippen LogP contribution in [0.25, 0.3) is 0 Å². The lowest BCUT2D eigenvalue weighted by atomic mass is 9.86. The number of ether oxygens (including phenoxy) is 1. The number of amides is 2. The van der Waals surface area contributed by atoms with Crippen molar-refractivity contribution in [2.24, 2.45) is 0 Å². The molecular weight excluding hydrogens is 395 g/mol. The third-order valence-electron chi connectivity index (χ3n) is 4.94. The number of nitrogens with one attached hydrogen (secondary N) is 1. The average molecular weight is 429 g/mol. The van der Waals surface area contributed by atoms with Crippen molar-refractivity contribution in [2.75, 3.05) is 6.61 Å². The van der Waals surface area contributed by atoms with Crippen LogP contribution in [-0.4, -0.2) is 35.4 Å². The van der Waals surface area contributed by atoms with Crippen molar-refractivity contribution >= 4 is 11.8 Å². The highest BCUT2D eigenvalue weighted by molar-refractivity contribution is 5.88. The Morgan fingerprint density at radius 2 is 1.65 bits per heavy atom. The number of hydrogen-bond acceptors (Lipinski definition) is 3. The van der Waals surface area contributed by atoms with E-state index in [0.29, 0.717) is 11.3 Å². The molecule has 1 N–H and O–H groups in total. The van der Waals surface area contributed by atoms with Crippen LogP contribution < -0.4 is 10.1 Å². The fourth-order valence-corrected chi connectivity index (χ4v) is 3.23. The van der Waals surface area contributed by atoms with Gasteiger partial charge >= 0.3 is 0 Å². The molecule has 6 heteroatoms. The highest BCUT2D eigenvalue weighted by atomic mass is 19.1. The zero-order chi connectivity index (χ0) is 23.2. The van der Waals surface area contributed by atoms with E-state index in [0.717, 1.165) is 5.56 Å². The molecule has 2 amide bonds. The Kier molecular flexibility index (Phi) is 8.20. The second kappa shape index (κ2) is 10.4. The lowest BCUT2D eigenvalue weighted by Crippen LogP contribution is -2.50. The van der Waals surface area contributed by atoms with E-state index in [9.17, 15) is 14.0 Å². The molecular formula is C25H33FN2O3. The molecule has 0 saturated carbocycles. The van der Waals surface area contributed by atoms with Gasteiger partial charge in [0.1, 0.15) is 17.6 Å². The van der Waals surface area contributed by atoms with E-state index in [4.69, 9.17) is 4.74 Å². The molecule has 31 heavy (non-hydrogen) atoms. The van der Waals surface area contributed by atoms with Crippen LogP contribution in [0.1, 0.15) is 52.7 Å². The second-order valence-corrected chi connectivity index (χ2v) is 8.99. The Labute approximate surface area is 184 Å². The Hall–Kier alpha value is -2.89. The summed E-state index contributed by atoms with van der Waals surface area (Å²) in [5, 5.41) is 2.81. The van der Waals surface area contributed by atoms with E-state index in [-0.39, 0.29) is 30.5 Å². The molecule has 0 unspecified atom stereocenters. The summed E-state index contributed by atoms with van der Waals surface area (Å²) >= 11 is 0. The normalized spacial score (nSPS) is 12.4. The fourth-order valence-electron chi connectivity index (χ4n) is 3.23. The molecule has 0 aromatic heterocycles. The summed E-state index contributed by atoms with van der Waals surface area (Å²) in [5.41, 5.74) is 1.17. The SMILES string of the molecule is CC(C)NC(=O)[C@H](C)N(Cc1ccccc1F)C(=O)COc1ccccc1C(C)(C)C. The first-order chi connectivity index (χ1) is 14.5. The first-order valence-corrected chi connectivity index (χ1v) is 10.6. The number of benzene rings is 2. The Morgan fingerprint density at radius 3 is 2.26 bits per heavy atom. The van der Waals surface area contributed by atoms with Crippen molar-refractivity contribution in [3.63, 3.8) is 0 Å². The van der Waals surface area contributed by atoms with Gasteiger partial charge in [-0.05, 0) is 43.9 Å². The van der Waals surface area contributed by atoms with E-state index in [1.165, 1.54) is 11.0 Å². The molecule has 2 aromatic rings. The average Bonchev–Trinajstić information content (AvgIpc) is 2.70. The lowest BCUT2D eigenvalue weighted by Gasteiger charge is -2.30. The van der Waals surface area contributed by atoms with Gasteiger partial charge in [0.05, 0.1) is 0 Å². The van der Waals surface area contributed by atoms with E-state index in [1.807, 2.05) is 38.1 Å². The third-order valence-corrected chi connectivity index (χ3v) is 4.94. The Bertz CT molecular complexity index is 906. The molecule has 2 rings (SSSR count). The highest BCUT2D eigenvalue weighted by Gasteiger charge is 2.28. The smallest absolute Gasteiger partial charge is 0.261 e. The van der Waals surface area contributed by atoms with Crippen LogP contribution in [0, 0.1) is 5.82 Å². The number of carbonyl (C=O) groups excluding carboxylic acids is 2. The number of halogens is 1. The van der Waals surface area contributed by atoms with Crippen LogP contribution in [0.3, 0.4) is 0 Å². The molecule has 0 heterocycles. The first kappa shape index (κ1) is 24.4. The van der Waals surface area contributed by atoms with Gasteiger partial charge in [0.15, 0.2) is 6.61 Å². The van der Waals surface area contributed by atoms with Crippen LogP contribution >= 0.6 is 0 Å². The predicted octanol–water partition coefficient (Wildman–Crippen LogP) is 4.44. The van der Waals surface area contributed by atoms with Gasteiger partial charge in [0.25, 0.3) is 5.91 Å². The number of para-hydroxylation sites is 1. The fraction of sp³-hybridized carbons (Fsp3) is 0.440. The van der Waals surface area contributed by atoms with Crippen LogP contribution in [0.5, 0.6) is 5.75 Å². The molecule has 0 radical (unpaired) electrons. The van der Waals surface area contributed by atoms with Gasteiger partial charge in [-0.25, -0.2) is 4.39 Å². The van der Waals surface area contributed by atoms with Crippen molar-refractivity contribution in [3.8, 4) is 5.75 Å². The first-order valence-electron chi connectivity index (χ1n) is 10.6. The maximum absolute atomic E-state index is 14.3. The van der Waals surface area contributed by atoms with Gasteiger partial charge in [0.2, 0.25) is 5.91 Å². The number of hydrogen-bond donors (Lipinski definition) is 1. The van der Waals surface area contributed by atoms with E-state index < -0.39 is 17.8 Å². The number of carbonyl (C=O) groups is 2. The molecule has 0 saturated heterocycles. The predicted molar refractivity (Wildman–Crippen MR) is 120 cm³/mol. The molecule has 0 aliphatic carbocycles. The minimum Gasteiger partial charge on any atom is -0.483 e. The Balaban J connectivity index is 2.24. The zero-order valence-electron chi connectivity index (χ0n) is 19.2. The molecule has 168 valence electrons. The van der Waals surface area contributed by atoms with Crippen molar-refractivity contribution in [3.05, 3.63) is 65.5 Å². The van der Waals surface area contributed by atoms with Gasteiger partial charge in [-0.3, -0.25) is 9.59 Å². The molecule has 1 atom stereocenters. The van der Waals surface area contributed by atoms with E-state index in [1.54, 1.807) is 25.1 Å². The summed E-state index contributed by atoms with van der Waals surface area (Å²) in [7, 11) is 0.